The van der Waals surface area contributed by atoms with E-state index in [0.29, 0.717) is 35.0 Å². The third-order valence-electron chi connectivity index (χ3n) is 4.81. The number of anilines is 1. The molecule has 1 aromatic carbocycles. The van der Waals surface area contributed by atoms with E-state index < -0.39 is 0 Å². The van der Waals surface area contributed by atoms with E-state index in [0.717, 1.165) is 29.9 Å². The predicted octanol–water partition coefficient (Wildman–Crippen LogP) is 3.39. The van der Waals surface area contributed by atoms with Gasteiger partial charge in [0, 0.05) is 12.5 Å². The highest BCUT2D eigenvalue weighted by molar-refractivity contribution is 5.82. The molecule has 0 saturated heterocycles. The fraction of sp³-hybridized carbons (Fsp3) is 0.450. The minimum absolute atomic E-state index is 0.237. The van der Waals surface area contributed by atoms with E-state index in [4.69, 9.17) is 24.9 Å². The van der Waals surface area contributed by atoms with E-state index in [-0.39, 0.29) is 6.04 Å². The molecule has 0 fully saturated rings. The molecule has 8 nitrogen and oxygen atoms in total. The lowest BCUT2D eigenvalue weighted by molar-refractivity contribution is 0.324. The average Bonchev–Trinajstić information content (AvgIpc) is 3.06. The number of hydrogen-bond acceptors (Lipinski definition) is 7. The highest BCUT2D eigenvalue weighted by atomic mass is 16.5. The first-order chi connectivity index (χ1) is 13.5. The summed E-state index contributed by atoms with van der Waals surface area (Å²) in [5.41, 5.74) is 8.43. The molecule has 0 bridgehead atoms. The Morgan fingerprint density at radius 1 is 1.07 bits per heavy atom. The van der Waals surface area contributed by atoms with Crippen molar-refractivity contribution in [1.82, 2.24) is 19.5 Å². The van der Waals surface area contributed by atoms with Crippen molar-refractivity contribution in [2.24, 2.45) is 0 Å². The lowest BCUT2D eigenvalue weighted by Gasteiger charge is -2.17. The summed E-state index contributed by atoms with van der Waals surface area (Å²) in [6.45, 7) is 4.33. The van der Waals surface area contributed by atoms with Crippen LogP contribution in [0.3, 0.4) is 0 Å². The van der Waals surface area contributed by atoms with Crippen molar-refractivity contribution in [2.45, 2.75) is 39.2 Å². The minimum Gasteiger partial charge on any atom is -0.493 e. The van der Waals surface area contributed by atoms with Gasteiger partial charge in [0.1, 0.15) is 12.2 Å². The monoisotopic (exact) mass is 385 g/mol. The topological polar surface area (TPSA) is 97.3 Å². The molecule has 28 heavy (non-hydrogen) atoms. The standard InChI is InChI=1S/C20H27N5O3/c1-6-7-12(2)25-16(24-17-19(21)22-11-23-20(17)25)10-13-8-14(26-3)18(28-5)15(9-13)27-4/h8-9,11-12H,6-7,10H2,1-5H3,(H2,21,22,23)/t12-/m0/s1. The van der Waals surface area contributed by atoms with E-state index in [1.165, 1.54) is 6.33 Å². The number of nitrogen functional groups attached to an aromatic ring is 1. The highest BCUT2D eigenvalue weighted by Crippen LogP contribution is 2.39. The average molecular weight is 385 g/mol. The van der Waals surface area contributed by atoms with Gasteiger partial charge in [-0.25, -0.2) is 15.0 Å². The predicted molar refractivity (Wildman–Crippen MR) is 108 cm³/mol. The zero-order valence-electron chi connectivity index (χ0n) is 17.0. The van der Waals surface area contributed by atoms with E-state index in [2.05, 4.69) is 28.4 Å². The smallest absolute Gasteiger partial charge is 0.203 e. The third kappa shape index (κ3) is 3.54. The van der Waals surface area contributed by atoms with E-state index in [1.807, 2.05) is 12.1 Å². The highest BCUT2D eigenvalue weighted by Gasteiger charge is 2.20. The number of hydrogen-bond donors (Lipinski definition) is 1. The second kappa shape index (κ2) is 8.33. The van der Waals surface area contributed by atoms with Gasteiger partial charge in [-0.3, -0.25) is 0 Å². The van der Waals surface area contributed by atoms with Crippen LogP contribution in [0.5, 0.6) is 17.2 Å². The molecule has 0 unspecified atom stereocenters. The number of imidazole rings is 1. The summed E-state index contributed by atoms with van der Waals surface area (Å²) in [5.74, 6) is 3.05. The first kappa shape index (κ1) is 19.7. The molecule has 2 aromatic heterocycles. The second-order valence-electron chi connectivity index (χ2n) is 6.68. The molecular weight excluding hydrogens is 358 g/mol. The maximum atomic E-state index is 6.05. The summed E-state index contributed by atoms with van der Waals surface area (Å²) in [4.78, 5) is 13.3. The molecule has 0 aliphatic rings. The summed E-state index contributed by atoms with van der Waals surface area (Å²) in [6, 6.07) is 4.11. The first-order valence-electron chi connectivity index (χ1n) is 9.30. The molecule has 0 radical (unpaired) electrons. The van der Waals surface area contributed by atoms with Crippen molar-refractivity contribution < 1.29 is 14.2 Å². The van der Waals surface area contributed by atoms with Crippen LogP contribution in [-0.2, 0) is 6.42 Å². The maximum Gasteiger partial charge on any atom is 0.203 e. The number of nitrogens with two attached hydrogens (primary N) is 1. The molecule has 3 rings (SSSR count). The van der Waals surface area contributed by atoms with Gasteiger partial charge in [-0.2, -0.15) is 0 Å². The number of ether oxygens (including phenoxy) is 3. The minimum atomic E-state index is 0.237. The number of benzene rings is 1. The van der Waals surface area contributed by atoms with Crippen LogP contribution in [0.4, 0.5) is 5.82 Å². The summed E-state index contributed by atoms with van der Waals surface area (Å²) in [6.07, 6.45) is 4.13. The molecule has 0 amide bonds. The van der Waals surface area contributed by atoms with Crippen LogP contribution >= 0.6 is 0 Å². The summed E-state index contributed by atoms with van der Waals surface area (Å²) in [7, 11) is 4.80. The van der Waals surface area contributed by atoms with Crippen molar-refractivity contribution >= 4 is 17.0 Å². The zero-order valence-corrected chi connectivity index (χ0v) is 17.0. The van der Waals surface area contributed by atoms with Gasteiger partial charge in [-0.1, -0.05) is 13.3 Å². The maximum absolute atomic E-state index is 6.05. The van der Waals surface area contributed by atoms with E-state index >= 15 is 0 Å². The van der Waals surface area contributed by atoms with Gasteiger partial charge >= 0.3 is 0 Å². The van der Waals surface area contributed by atoms with Gasteiger partial charge in [0.05, 0.1) is 21.3 Å². The summed E-state index contributed by atoms with van der Waals surface area (Å²) in [5, 5.41) is 0. The fourth-order valence-corrected chi connectivity index (χ4v) is 3.53. The molecule has 0 saturated carbocycles. The van der Waals surface area contributed by atoms with Gasteiger partial charge in [-0.15, -0.1) is 0 Å². The Hall–Kier alpha value is -3.03. The Balaban J connectivity index is 2.12. The molecular formula is C20H27N5O3. The Labute approximate surface area is 164 Å². The number of aromatic nitrogens is 4. The number of nitrogens with zero attached hydrogens (tertiary/aromatic N) is 4. The Morgan fingerprint density at radius 2 is 1.75 bits per heavy atom. The van der Waals surface area contributed by atoms with Crippen molar-refractivity contribution in [3.8, 4) is 17.2 Å². The lowest BCUT2D eigenvalue weighted by atomic mass is 10.1. The van der Waals surface area contributed by atoms with Crippen LogP contribution in [-0.4, -0.2) is 40.8 Å². The number of methoxy groups -OCH3 is 3. The van der Waals surface area contributed by atoms with Crippen LogP contribution in [0.25, 0.3) is 11.2 Å². The van der Waals surface area contributed by atoms with Crippen molar-refractivity contribution in [3.05, 3.63) is 29.8 Å². The summed E-state index contributed by atoms with van der Waals surface area (Å²) >= 11 is 0. The fourth-order valence-electron chi connectivity index (χ4n) is 3.53. The second-order valence-corrected chi connectivity index (χ2v) is 6.68. The molecule has 8 heteroatoms. The summed E-state index contributed by atoms with van der Waals surface area (Å²) < 4.78 is 18.5. The lowest BCUT2D eigenvalue weighted by Crippen LogP contribution is -2.11. The molecule has 1 atom stereocenters. The first-order valence-corrected chi connectivity index (χ1v) is 9.30. The normalized spacial score (nSPS) is 12.2. The van der Waals surface area contributed by atoms with Gasteiger partial charge in [0.25, 0.3) is 0 Å². The zero-order chi connectivity index (χ0) is 20.3. The molecule has 0 aliphatic heterocycles. The van der Waals surface area contributed by atoms with Crippen molar-refractivity contribution in [2.75, 3.05) is 27.1 Å². The van der Waals surface area contributed by atoms with E-state index in [9.17, 15) is 0 Å². The van der Waals surface area contributed by atoms with Crippen LogP contribution in [0, 0.1) is 0 Å². The molecule has 0 spiro atoms. The number of rotatable bonds is 8. The van der Waals surface area contributed by atoms with Crippen molar-refractivity contribution in [3.63, 3.8) is 0 Å². The van der Waals surface area contributed by atoms with Crippen LogP contribution < -0.4 is 19.9 Å². The molecule has 2 heterocycles. The van der Waals surface area contributed by atoms with Gasteiger partial charge in [0.15, 0.2) is 28.5 Å². The van der Waals surface area contributed by atoms with Gasteiger partial charge in [-0.05, 0) is 31.0 Å². The Bertz CT molecular complexity index is 945. The molecule has 150 valence electrons. The Kier molecular flexibility index (Phi) is 5.87. The molecule has 0 aliphatic carbocycles. The Morgan fingerprint density at radius 3 is 2.32 bits per heavy atom. The van der Waals surface area contributed by atoms with Crippen LogP contribution in [0.1, 0.15) is 44.1 Å². The number of fused-ring (bicyclic) bond motifs is 1. The van der Waals surface area contributed by atoms with Crippen LogP contribution in [0.2, 0.25) is 0 Å². The van der Waals surface area contributed by atoms with Crippen molar-refractivity contribution in [1.29, 1.82) is 0 Å². The third-order valence-corrected chi connectivity index (χ3v) is 4.81. The SMILES string of the molecule is CCC[C@H](C)n1c(Cc2cc(OC)c(OC)c(OC)c2)nc2c(N)ncnc21. The largest absolute Gasteiger partial charge is 0.493 e. The molecule has 2 N–H and O–H groups in total. The van der Waals surface area contributed by atoms with Crippen LogP contribution in [0.15, 0.2) is 18.5 Å². The quantitative estimate of drug-likeness (QED) is 0.635. The van der Waals surface area contributed by atoms with E-state index in [1.54, 1.807) is 21.3 Å². The molecule has 3 aromatic rings. The van der Waals surface area contributed by atoms with Gasteiger partial charge < -0.3 is 24.5 Å². The van der Waals surface area contributed by atoms with Gasteiger partial charge in [0.2, 0.25) is 5.75 Å².